The van der Waals surface area contributed by atoms with Crippen molar-refractivity contribution >= 4 is 11.6 Å². The molecule has 2 heterocycles. The molecule has 6 heteroatoms. The van der Waals surface area contributed by atoms with E-state index in [1.165, 1.54) is 5.57 Å². The maximum atomic E-state index is 9.46. The van der Waals surface area contributed by atoms with Crippen molar-refractivity contribution in [2.75, 3.05) is 32.8 Å². The van der Waals surface area contributed by atoms with Crippen molar-refractivity contribution < 1.29 is 5.11 Å². The van der Waals surface area contributed by atoms with E-state index in [9.17, 15) is 5.11 Å². The second-order valence-corrected chi connectivity index (χ2v) is 8.04. The van der Waals surface area contributed by atoms with E-state index < -0.39 is 0 Å². The molecule has 3 rings (SSSR count). The van der Waals surface area contributed by atoms with Crippen molar-refractivity contribution in [3.8, 4) is 11.4 Å². The van der Waals surface area contributed by atoms with Gasteiger partial charge in [0.1, 0.15) is 0 Å². The highest BCUT2D eigenvalue weighted by atomic mass is 35.5. The molecule has 0 unspecified atom stereocenters. The molecule has 0 saturated carbocycles. The normalized spacial score (nSPS) is 18.2. The molecule has 1 saturated heterocycles. The molecule has 1 aromatic heterocycles. The van der Waals surface area contributed by atoms with Crippen LogP contribution in [0.5, 0.6) is 0 Å². The molecule has 1 aromatic carbocycles. The maximum absolute atomic E-state index is 9.46. The minimum atomic E-state index is 0.225. The molecule has 1 atom stereocenters. The molecule has 5 nitrogen and oxygen atoms in total. The first kappa shape index (κ1) is 20.9. The predicted octanol–water partition coefficient (Wildman–Crippen LogP) is 3.63. The van der Waals surface area contributed by atoms with Crippen LogP contribution in [0.25, 0.3) is 11.4 Å². The minimum absolute atomic E-state index is 0.225. The third kappa shape index (κ3) is 5.85. The number of aromatic nitrogens is 2. The molecule has 28 heavy (non-hydrogen) atoms. The summed E-state index contributed by atoms with van der Waals surface area (Å²) in [6, 6.07) is 7.95. The van der Waals surface area contributed by atoms with Crippen LogP contribution in [0.1, 0.15) is 25.8 Å². The molecule has 2 aromatic rings. The third-order valence-electron chi connectivity index (χ3n) is 5.10. The van der Waals surface area contributed by atoms with Gasteiger partial charge in [-0.1, -0.05) is 23.3 Å². The Balaban J connectivity index is 1.60. The molecule has 1 N–H and O–H groups in total. The number of allylic oxidation sites excluding steroid dienone is 1. The van der Waals surface area contributed by atoms with E-state index in [4.69, 9.17) is 11.6 Å². The van der Waals surface area contributed by atoms with E-state index in [2.05, 4.69) is 39.7 Å². The maximum Gasteiger partial charge on any atom is 0.159 e. The number of hydrogen-bond acceptors (Lipinski definition) is 5. The molecule has 0 radical (unpaired) electrons. The lowest BCUT2D eigenvalue weighted by Gasteiger charge is -2.41. The highest BCUT2D eigenvalue weighted by molar-refractivity contribution is 6.30. The van der Waals surface area contributed by atoms with Crippen LogP contribution in [0.3, 0.4) is 0 Å². The number of halogens is 1. The van der Waals surface area contributed by atoms with Crippen molar-refractivity contribution in [2.45, 2.75) is 32.9 Å². The summed E-state index contributed by atoms with van der Waals surface area (Å²) in [5, 5.41) is 10.2. The molecule has 0 amide bonds. The lowest BCUT2D eigenvalue weighted by molar-refractivity contribution is 0.0635. The number of benzene rings is 1. The van der Waals surface area contributed by atoms with E-state index >= 15 is 0 Å². The van der Waals surface area contributed by atoms with Crippen LogP contribution in [0.2, 0.25) is 5.02 Å². The molecule has 1 fully saturated rings. The topological polar surface area (TPSA) is 52.5 Å². The SMILES string of the molecule is CC(C)=CCN1CCN(Cc2cnc(-c3ccc(Cl)cc3)nc2)C[C@H]1CCO. The van der Waals surface area contributed by atoms with Crippen LogP contribution in [0.4, 0.5) is 0 Å². The minimum Gasteiger partial charge on any atom is -0.396 e. The standard InChI is InChI=1S/C22H29ClN4O/c1-17(2)7-9-27-11-10-26(16-21(27)8-12-28)15-18-13-24-22(25-14-18)19-3-5-20(23)6-4-19/h3-7,13-14,21,28H,8-12,15-16H2,1-2H3/t21-/m1/s1. The Bertz CT molecular complexity index is 772. The third-order valence-corrected chi connectivity index (χ3v) is 5.35. The molecule has 150 valence electrons. The van der Waals surface area contributed by atoms with E-state index in [1.807, 2.05) is 36.7 Å². The summed E-state index contributed by atoms with van der Waals surface area (Å²) < 4.78 is 0. The van der Waals surface area contributed by atoms with Gasteiger partial charge in [0.15, 0.2) is 5.82 Å². The van der Waals surface area contributed by atoms with Crippen molar-refractivity contribution in [1.82, 2.24) is 19.8 Å². The van der Waals surface area contributed by atoms with Crippen LogP contribution in [-0.2, 0) is 6.54 Å². The molecule has 0 spiro atoms. The summed E-state index contributed by atoms with van der Waals surface area (Å²) in [4.78, 5) is 14.0. The number of hydrogen-bond donors (Lipinski definition) is 1. The Kier molecular flexibility index (Phi) is 7.57. The van der Waals surface area contributed by atoms with Gasteiger partial charge in [-0.25, -0.2) is 9.97 Å². The molecule has 0 aliphatic carbocycles. The second-order valence-electron chi connectivity index (χ2n) is 7.60. The number of rotatable bonds is 7. The van der Waals surface area contributed by atoms with Gasteiger partial charge in [0, 0.05) is 73.9 Å². The Morgan fingerprint density at radius 2 is 1.89 bits per heavy atom. The fourth-order valence-corrected chi connectivity index (χ4v) is 3.63. The van der Waals surface area contributed by atoms with Gasteiger partial charge >= 0.3 is 0 Å². The second kappa shape index (κ2) is 10.1. The number of aliphatic hydroxyl groups is 1. The Hall–Kier alpha value is -1.79. The average molecular weight is 401 g/mol. The van der Waals surface area contributed by atoms with Gasteiger partial charge in [-0.3, -0.25) is 9.80 Å². The first-order valence-corrected chi connectivity index (χ1v) is 10.2. The van der Waals surface area contributed by atoms with Crippen molar-refractivity contribution in [3.05, 3.63) is 58.9 Å². The zero-order chi connectivity index (χ0) is 19.9. The molecule has 1 aliphatic heterocycles. The Labute approximate surface area is 172 Å². The lowest BCUT2D eigenvalue weighted by atomic mass is 10.1. The smallest absolute Gasteiger partial charge is 0.159 e. The fourth-order valence-electron chi connectivity index (χ4n) is 3.51. The van der Waals surface area contributed by atoms with Crippen LogP contribution >= 0.6 is 11.6 Å². The van der Waals surface area contributed by atoms with Gasteiger partial charge in [0.25, 0.3) is 0 Å². The highest BCUT2D eigenvalue weighted by Crippen LogP contribution is 2.19. The summed E-state index contributed by atoms with van der Waals surface area (Å²) in [6.07, 6.45) is 6.89. The molecule has 1 aliphatic rings. The zero-order valence-corrected chi connectivity index (χ0v) is 17.4. The van der Waals surface area contributed by atoms with E-state index in [0.717, 1.165) is 50.3 Å². The quantitative estimate of drug-likeness (QED) is 0.719. The monoisotopic (exact) mass is 400 g/mol. The van der Waals surface area contributed by atoms with E-state index in [0.29, 0.717) is 16.9 Å². The predicted molar refractivity (Wildman–Crippen MR) is 114 cm³/mol. The van der Waals surface area contributed by atoms with Crippen molar-refractivity contribution in [3.63, 3.8) is 0 Å². The van der Waals surface area contributed by atoms with Gasteiger partial charge in [0.2, 0.25) is 0 Å². The van der Waals surface area contributed by atoms with Gasteiger partial charge in [0.05, 0.1) is 0 Å². The largest absolute Gasteiger partial charge is 0.396 e. The average Bonchev–Trinajstić information content (AvgIpc) is 2.69. The van der Waals surface area contributed by atoms with Crippen molar-refractivity contribution in [1.29, 1.82) is 0 Å². The highest BCUT2D eigenvalue weighted by Gasteiger charge is 2.26. The fraction of sp³-hybridized carbons (Fsp3) is 0.455. The Morgan fingerprint density at radius 3 is 2.54 bits per heavy atom. The first-order valence-electron chi connectivity index (χ1n) is 9.82. The van der Waals surface area contributed by atoms with Crippen molar-refractivity contribution in [2.24, 2.45) is 0 Å². The molecular formula is C22H29ClN4O. The zero-order valence-electron chi connectivity index (χ0n) is 16.7. The molecule has 0 bridgehead atoms. The van der Waals surface area contributed by atoms with E-state index in [1.54, 1.807) is 0 Å². The van der Waals surface area contributed by atoms with Gasteiger partial charge in [-0.2, -0.15) is 0 Å². The number of aliphatic hydroxyl groups excluding tert-OH is 1. The van der Waals surface area contributed by atoms with Crippen LogP contribution < -0.4 is 0 Å². The first-order chi connectivity index (χ1) is 13.5. The number of nitrogens with zero attached hydrogens (tertiary/aromatic N) is 4. The summed E-state index contributed by atoms with van der Waals surface area (Å²) in [7, 11) is 0. The number of piperazine rings is 1. The van der Waals surface area contributed by atoms with Crippen LogP contribution in [-0.4, -0.2) is 63.7 Å². The molecular weight excluding hydrogens is 372 g/mol. The lowest BCUT2D eigenvalue weighted by Crippen LogP contribution is -2.53. The van der Waals surface area contributed by atoms with Gasteiger partial charge in [-0.05, 0) is 44.5 Å². The summed E-state index contributed by atoms with van der Waals surface area (Å²) >= 11 is 5.94. The summed E-state index contributed by atoms with van der Waals surface area (Å²) in [6.45, 7) is 9.25. The van der Waals surface area contributed by atoms with Gasteiger partial charge < -0.3 is 5.11 Å². The Morgan fingerprint density at radius 1 is 1.18 bits per heavy atom. The summed E-state index contributed by atoms with van der Waals surface area (Å²) in [5.41, 5.74) is 3.41. The van der Waals surface area contributed by atoms with Crippen LogP contribution in [0.15, 0.2) is 48.3 Å². The van der Waals surface area contributed by atoms with E-state index in [-0.39, 0.29) is 6.61 Å². The summed E-state index contributed by atoms with van der Waals surface area (Å²) in [5.74, 6) is 0.713. The van der Waals surface area contributed by atoms with Gasteiger partial charge in [-0.15, -0.1) is 0 Å². The van der Waals surface area contributed by atoms with Crippen LogP contribution in [0, 0.1) is 0 Å².